The highest BCUT2D eigenvalue weighted by molar-refractivity contribution is 6.31. The molecule has 1 amide bonds. The lowest BCUT2D eigenvalue weighted by Crippen LogP contribution is -2.40. The Labute approximate surface area is 165 Å². The number of nitrogens with zero attached hydrogens (tertiary/aromatic N) is 3. The second kappa shape index (κ2) is 6.46. The first kappa shape index (κ1) is 17.5. The molecule has 5 rings (SSSR count). The van der Waals surface area contributed by atoms with Crippen LogP contribution >= 0.6 is 11.6 Å². The summed E-state index contributed by atoms with van der Waals surface area (Å²) in [5.74, 6) is -0.00538. The van der Waals surface area contributed by atoms with Crippen LogP contribution in [0.5, 0.6) is 0 Å². The summed E-state index contributed by atoms with van der Waals surface area (Å²) in [7, 11) is 0. The van der Waals surface area contributed by atoms with Gasteiger partial charge in [0, 0.05) is 23.2 Å². The fourth-order valence-electron chi connectivity index (χ4n) is 3.78. The van der Waals surface area contributed by atoms with E-state index < -0.39 is 6.10 Å². The predicted octanol–water partition coefficient (Wildman–Crippen LogP) is 2.48. The van der Waals surface area contributed by atoms with Crippen LogP contribution in [-0.2, 0) is 13.1 Å². The molecule has 144 valence electrons. The number of aromatic amines is 1. The topological polar surface area (TPSA) is 91.2 Å². The van der Waals surface area contributed by atoms with Crippen LogP contribution in [0.2, 0.25) is 5.02 Å². The Morgan fingerprint density at radius 2 is 2.11 bits per heavy atom. The van der Waals surface area contributed by atoms with E-state index in [0.717, 1.165) is 18.5 Å². The Hall–Kier alpha value is -2.64. The Morgan fingerprint density at radius 1 is 1.29 bits per heavy atom. The number of pyridine rings is 1. The third-order valence-electron chi connectivity index (χ3n) is 5.55. The average Bonchev–Trinajstić information content (AvgIpc) is 3.45. The van der Waals surface area contributed by atoms with Gasteiger partial charge in [-0.2, -0.15) is 5.10 Å². The second-order valence-corrected chi connectivity index (χ2v) is 7.95. The molecule has 1 aliphatic carbocycles. The normalized spacial score (nSPS) is 17.6. The molecular formula is C20H19ClN4O3. The van der Waals surface area contributed by atoms with E-state index in [-0.39, 0.29) is 16.9 Å². The van der Waals surface area contributed by atoms with E-state index >= 15 is 0 Å². The van der Waals surface area contributed by atoms with Gasteiger partial charge in [-0.1, -0.05) is 11.6 Å². The fraction of sp³-hybridized carbons (Fsp3) is 0.350. The number of aliphatic hydroxyl groups excluding tert-OH is 1. The number of rotatable bonds is 3. The smallest absolute Gasteiger partial charge is 0.259 e. The predicted molar refractivity (Wildman–Crippen MR) is 104 cm³/mol. The number of carbonyl (C=O) groups excluding carboxylic acids is 1. The molecule has 2 aliphatic rings. The van der Waals surface area contributed by atoms with Gasteiger partial charge in [0.2, 0.25) is 5.43 Å². The first-order valence-electron chi connectivity index (χ1n) is 9.36. The molecule has 2 N–H and O–H groups in total. The first-order chi connectivity index (χ1) is 13.5. The maximum atomic E-state index is 13.0. The van der Waals surface area contributed by atoms with Gasteiger partial charge in [-0.05, 0) is 43.0 Å². The van der Waals surface area contributed by atoms with Crippen molar-refractivity contribution in [3.8, 4) is 0 Å². The van der Waals surface area contributed by atoms with Crippen molar-refractivity contribution in [1.29, 1.82) is 0 Å². The summed E-state index contributed by atoms with van der Waals surface area (Å²) in [4.78, 5) is 30.4. The van der Waals surface area contributed by atoms with Gasteiger partial charge in [-0.15, -0.1) is 0 Å². The first-order valence-corrected chi connectivity index (χ1v) is 9.74. The number of benzene rings is 1. The molecule has 3 aromatic rings. The number of aromatic nitrogens is 3. The number of hydrogen-bond acceptors (Lipinski definition) is 4. The maximum Gasteiger partial charge on any atom is 0.259 e. The molecule has 0 spiro atoms. The van der Waals surface area contributed by atoms with Crippen LogP contribution < -0.4 is 5.43 Å². The number of halogens is 1. The van der Waals surface area contributed by atoms with Crippen molar-refractivity contribution in [2.45, 2.75) is 32.0 Å². The van der Waals surface area contributed by atoms with Gasteiger partial charge in [0.05, 0.1) is 30.0 Å². The Kier molecular flexibility index (Phi) is 4.03. The van der Waals surface area contributed by atoms with Crippen LogP contribution in [0.15, 0.2) is 35.3 Å². The van der Waals surface area contributed by atoms with Crippen molar-refractivity contribution in [3.05, 3.63) is 62.7 Å². The summed E-state index contributed by atoms with van der Waals surface area (Å²) in [6.45, 7) is 1.37. The highest BCUT2D eigenvalue weighted by Gasteiger charge is 2.34. The van der Waals surface area contributed by atoms with E-state index in [1.807, 2.05) is 10.7 Å². The zero-order chi connectivity index (χ0) is 19.4. The van der Waals surface area contributed by atoms with Crippen LogP contribution in [0.3, 0.4) is 0 Å². The summed E-state index contributed by atoms with van der Waals surface area (Å²) in [6.07, 6.45) is 2.99. The SMILES string of the molecule is O=C(c1c[nH]c2cc(Cl)ccc2c1=O)N1CCn2nc(C(O)C3CC3)cc2C1. The van der Waals surface area contributed by atoms with Gasteiger partial charge in [0.1, 0.15) is 11.7 Å². The lowest BCUT2D eigenvalue weighted by atomic mass is 10.1. The number of aliphatic hydroxyl groups is 1. The van der Waals surface area contributed by atoms with Crippen LogP contribution in [0.1, 0.15) is 40.7 Å². The number of amides is 1. The lowest BCUT2D eigenvalue weighted by molar-refractivity contribution is 0.0704. The number of carbonyl (C=O) groups is 1. The molecule has 8 heteroatoms. The summed E-state index contributed by atoms with van der Waals surface area (Å²) >= 11 is 5.97. The van der Waals surface area contributed by atoms with E-state index in [0.29, 0.717) is 47.2 Å². The van der Waals surface area contributed by atoms with Crippen molar-refractivity contribution in [2.75, 3.05) is 6.54 Å². The lowest BCUT2D eigenvalue weighted by Gasteiger charge is -2.27. The molecule has 1 fully saturated rings. The van der Waals surface area contributed by atoms with Crippen LogP contribution in [0, 0.1) is 5.92 Å². The van der Waals surface area contributed by atoms with Gasteiger partial charge in [0.25, 0.3) is 5.91 Å². The molecule has 0 bridgehead atoms. The van der Waals surface area contributed by atoms with Gasteiger partial charge in [-0.25, -0.2) is 0 Å². The minimum Gasteiger partial charge on any atom is -0.386 e. The third-order valence-corrected chi connectivity index (χ3v) is 5.78. The number of H-pyrrole nitrogens is 1. The maximum absolute atomic E-state index is 13.0. The van der Waals surface area contributed by atoms with Gasteiger partial charge < -0.3 is 15.0 Å². The van der Waals surface area contributed by atoms with E-state index in [2.05, 4.69) is 10.1 Å². The fourth-order valence-corrected chi connectivity index (χ4v) is 3.96. The molecule has 2 aromatic heterocycles. The highest BCUT2D eigenvalue weighted by Crippen LogP contribution is 2.40. The molecule has 7 nitrogen and oxygen atoms in total. The molecule has 28 heavy (non-hydrogen) atoms. The Morgan fingerprint density at radius 3 is 2.89 bits per heavy atom. The molecule has 1 atom stereocenters. The van der Waals surface area contributed by atoms with Crippen LogP contribution in [0.4, 0.5) is 0 Å². The molecule has 1 saturated carbocycles. The van der Waals surface area contributed by atoms with Gasteiger partial charge in [-0.3, -0.25) is 14.3 Å². The summed E-state index contributed by atoms with van der Waals surface area (Å²) in [5, 5.41) is 15.8. The van der Waals surface area contributed by atoms with Crippen LogP contribution in [-0.4, -0.2) is 37.2 Å². The molecular weight excluding hydrogens is 380 g/mol. The van der Waals surface area contributed by atoms with Crippen molar-refractivity contribution < 1.29 is 9.90 Å². The van der Waals surface area contributed by atoms with Crippen molar-refractivity contribution in [2.24, 2.45) is 5.92 Å². The molecule has 1 unspecified atom stereocenters. The van der Waals surface area contributed by atoms with Crippen molar-refractivity contribution >= 4 is 28.4 Å². The van der Waals surface area contributed by atoms with Gasteiger partial charge in [0.15, 0.2) is 0 Å². The molecule has 0 saturated heterocycles. The quantitative estimate of drug-likeness (QED) is 0.709. The van der Waals surface area contributed by atoms with E-state index in [1.165, 1.54) is 6.20 Å². The number of hydrogen-bond donors (Lipinski definition) is 2. The largest absolute Gasteiger partial charge is 0.386 e. The van der Waals surface area contributed by atoms with E-state index in [1.54, 1.807) is 23.1 Å². The van der Waals surface area contributed by atoms with E-state index in [9.17, 15) is 14.7 Å². The zero-order valence-electron chi connectivity index (χ0n) is 15.1. The molecule has 3 heterocycles. The third kappa shape index (κ3) is 2.91. The minimum atomic E-state index is -0.530. The second-order valence-electron chi connectivity index (χ2n) is 7.51. The molecule has 1 aromatic carbocycles. The summed E-state index contributed by atoms with van der Waals surface area (Å²) < 4.78 is 1.84. The highest BCUT2D eigenvalue weighted by atomic mass is 35.5. The zero-order valence-corrected chi connectivity index (χ0v) is 15.8. The van der Waals surface area contributed by atoms with E-state index in [4.69, 9.17) is 11.6 Å². The Balaban J connectivity index is 1.42. The van der Waals surface area contributed by atoms with Crippen LogP contribution in [0.25, 0.3) is 10.9 Å². The van der Waals surface area contributed by atoms with Crippen molar-refractivity contribution in [3.63, 3.8) is 0 Å². The van der Waals surface area contributed by atoms with Crippen molar-refractivity contribution in [1.82, 2.24) is 19.7 Å². The monoisotopic (exact) mass is 398 g/mol. The summed E-state index contributed by atoms with van der Waals surface area (Å²) in [6, 6.07) is 6.80. The summed E-state index contributed by atoms with van der Waals surface area (Å²) in [5.41, 5.74) is 1.95. The Bertz CT molecular complexity index is 1150. The standard InChI is InChI=1S/C20H19ClN4O3/c21-12-3-4-14-16(7-12)22-9-15(19(14)27)20(28)24-5-6-25-13(10-24)8-17(23-25)18(26)11-1-2-11/h3-4,7-9,11,18,26H,1-2,5-6,10H2,(H,22,27). The average molecular weight is 399 g/mol. The molecule has 0 radical (unpaired) electrons. The number of nitrogens with one attached hydrogen (secondary N) is 1. The van der Waals surface area contributed by atoms with Gasteiger partial charge >= 0.3 is 0 Å². The molecule has 1 aliphatic heterocycles. The minimum absolute atomic E-state index is 0.112. The number of fused-ring (bicyclic) bond motifs is 2.